The molecule has 0 amide bonds. The third-order valence-corrected chi connectivity index (χ3v) is 11.9. The SMILES string of the molecule is Cc1cc(C)c(P(c2ccccc2)c2ccccc2)c(C)c1P(c1ccccc1)c1ccccc1. The molecule has 0 fully saturated rings. The van der Waals surface area contributed by atoms with Crippen LogP contribution in [-0.2, 0) is 0 Å². The van der Waals surface area contributed by atoms with Crippen molar-refractivity contribution in [3.05, 3.63) is 144 Å². The summed E-state index contributed by atoms with van der Waals surface area (Å²) < 4.78 is 0. The van der Waals surface area contributed by atoms with Crippen LogP contribution in [-0.4, -0.2) is 0 Å². The van der Waals surface area contributed by atoms with Crippen molar-refractivity contribution in [2.75, 3.05) is 0 Å². The molecule has 0 heterocycles. The van der Waals surface area contributed by atoms with Crippen LogP contribution in [0.15, 0.2) is 127 Å². The Balaban J connectivity index is 1.79. The average molecular weight is 489 g/mol. The summed E-state index contributed by atoms with van der Waals surface area (Å²) >= 11 is 0. The van der Waals surface area contributed by atoms with Gasteiger partial charge in [-0.15, -0.1) is 0 Å². The Morgan fingerprint density at radius 1 is 0.371 bits per heavy atom. The molecule has 0 aliphatic heterocycles. The minimum absolute atomic E-state index is 0.668. The predicted octanol–water partition coefficient (Wildman–Crippen LogP) is 6.13. The molecule has 0 nitrogen and oxygen atoms in total. The van der Waals surface area contributed by atoms with Gasteiger partial charge in [-0.2, -0.15) is 0 Å². The second kappa shape index (κ2) is 10.7. The van der Waals surface area contributed by atoms with Crippen LogP contribution in [0.2, 0.25) is 0 Å². The molecule has 0 radical (unpaired) electrons. The average Bonchev–Trinajstić information content (AvgIpc) is 2.91. The lowest BCUT2D eigenvalue weighted by Crippen LogP contribution is -2.32. The summed E-state index contributed by atoms with van der Waals surface area (Å²) in [5.41, 5.74) is 4.22. The molecule has 0 N–H and O–H groups in total. The molecule has 0 aliphatic rings. The van der Waals surface area contributed by atoms with Gasteiger partial charge in [-0.3, -0.25) is 0 Å². The highest BCUT2D eigenvalue weighted by atomic mass is 31.1. The highest BCUT2D eigenvalue weighted by Crippen LogP contribution is 2.40. The van der Waals surface area contributed by atoms with E-state index in [1.54, 1.807) is 0 Å². The lowest BCUT2D eigenvalue weighted by atomic mass is 10.1. The number of hydrogen-bond donors (Lipinski definition) is 0. The van der Waals surface area contributed by atoms with Gasteiger partial charge < -0.3 is 0 Å². The first-order valence-corrected chi connectivity index (χ1v) is 14.7. The molecule has 172 valence electrons. The second-order valence-electron chi connectivity index (χ2n) is 8.85. The van der Waals surface area contributed by atoms with E-state index in [2.05, 4.69) is 148 Å². The van der Waals surface area contributed by atoms with Gasteiger partial charge in [0.25, 0.3) is 0 Å². The Bertz CT molecular complexity index is 1210. The zero-order chi connectivity index (χ0) is 24.2. The fourth-order valence-corrected chi connectivity index (χ4v) is 10.3. The van der Waals surface area contributed by atoms with Crippen LogP contribution in [0.25, 0.3) is 0 Å². The zero-order valence-corrected chi connectivity index (χ0v) is 22.3. The monoisotopic (exact) mass is 488 g/mol. The first-order chi connectivity index (χ1) is 17.1. The number of rotatable bonds is 6. The van der Waals surface area contributed by atoms with E-state index in [0.29, 0.717) is 0 Å². The van der Waals surface area contributed by atoms with Crippen molar-refractivity contribution < 1.29 is 0 Å². The second-order valence-corrected chi connectivity index (χ2v) is 13.1. The summed E-state index contributed by atoms with van der Waals surface area (Å²) in [4.78, 5) is 0. The Kier molecular flexibility index (Phi) is 7.24. The summed E-state index contributed by atoms with van der Waals surface area (Å²) in [5, 5.41) is 8.60. The molecule has 0 saturated carbocycles. The number of aryl methyl sites for hydroxylation is 2. The molecule has 35 heavy (non-hydrogen) atoms. The predicted molar refractivity (Wildman–Crippen MR) is 158 cm³/mol. The van der Waals surface area contributed by atoms with Crippen LogP contribution in [0.1, 0.15) is 16.7 Å². The highest BCUT2D eigenvalue weighted by molar-refractivity contribution is 7.81. The van der Waals surface area contributed by atoms with E-state index in [-0.39, 0.29) is 0 Å². The van der Waals surface area contributed by atoms with Crippen molar-refractivity contribution in [1.29, 1.82) is 0 Å². The standard InChI is InChI=1S/C33H30P2/c1-25-24-26(2)33(35(30-20-12-6-13-21-30)31-22-14-7-15-23-31)27(3)32(25)34(28-16-8-4-9-17-28)29-18-10-5-11-19-29/h4-24H,1-3H3. The van der Waals surface area contributed by atoms with E-state index >= 15 is 0 Å². The lowest BCUT2D eigenvalue weighted by Gasteiger charge is -2.29. The van der Waals surface area contributed by atoms with Crippen LogP contribution >= 0.6 is 15.8 Å². The first kappa shape index (κ1) is 23.7. The molecular formula is C33H30P2. The summed E-state index contributed by atoms with van der Waals surface area (Å²) in [5.74, 6) is 0. The van der Waals surface area contributed by atoms with Crippen LogP contribution in [0.4, 0.5) is 0 Å². The minimum atomic E-state index is -0.668. The van der Waals surface area contributed by atoms with Gasteiger partial charge in [0.2, 0.25) is 0 Å². The lowest BCUT2D eigenvalue weighted by molar-refractivity contribution is 1.39. The molecule has 0 aliphatic carbocycles. The molecule has 5 aromatic carbocycles. The first-order valence-electron chi connectivity index (χ1n) is 12.1. The van der Waals surface area contributed by atoms with Gasteiger partial charge in [0.1, 0.15) is 0 Å². The van der Waals surface area contributed by atoms with Gasteiger partial charge in [0.15, 0.2) is 0 Å². The molecule has 0 bridgehead atoms. The van der Waals surface area contributed by atoms with E-state index in [1.165, 1.54) is 48.5 Å². The van der Waals surface area contributed by atoms with E-state index in [0.717, 1.165) is 0 Å². The van der Waals surface area contributed by atoms with Gasteiger partial charge in [0, 0.05) is 0 Å². The molecule has 0 spiro atoms. The van der Waals surface area contributed by atoms with E-state index in [1.807, 2.05) is 0 Å². The molecule has 5 aromatic rings. The highest BCUT2D eigenvalue weighted by Gasteiger charge is 2.27. The Morgan fingerprint density at radius 2 is 0.629 bits per heavy atom. The smallest absolute Gasteiger partial charge is 0.00858 e. The van der Waals surface area contributed by atoms with Crippen LogP contribution in [0.3, 0.4) is 0 Å². The molecule has 2 heteroatoms. The Morgan fingerprint density at radius 3 is 0.886 bits per heavy atom. The molecular weight excluding hydrogens is 458 g/mol. The van der Waals surface area contributed by atoms with E-state index in [4.69, 9.17) is 0 Å². The number of hydrogen-bond acceptors (Lipinski definition) is 0. The van der Waals surface area contributed by atoms with Gasteiger partial charge in [-0.1, -0.05) is 127 Å². The Hall–Kier alpha value is -3.04. The quantitative estimate of drug-likeness (QED) is 0.252. The van der Waals surface area contributed by atoms with Gasteiger partial charge in [-0.05, 0) is 85.1 Å². The summed E-state index contributed by atoms with van der Waals surface area (Å²) in [6.45, 7) is 6.97. The summed E-state index contributed by atoms with van der Waals surface area (Å²) in [6.07, 6.45) is 0. The van der Waals surface area contributed by atoms with Crippen molar-refractivity contribution in [1.82, 2.24) is 0 Å². The molecule has 5 rings (SSSR count). The molecule has 0 saturated heterocycles. The van der Waals surface area contributed by atoms with Crippen molar-refractivity contribution in [3.63, 3.8) is 0 Å². The van der Waals surface area contributed by atoms with Crippen molar-refractivity contribution in [2.45, 2.75) is 20.8 Å². The normalized spacial score (nSPS) is 11.2. The third kappa shape index (κ3) is 4.88. The fourth-order valence-electron chi connectivity index (χ4n) is 4.98. The van der Waals surface area contributed by atoms with Crippen molar-refractivity contribution in [3.8, 4) is 0 Å². The topological polar surface area (TPSA) is 0 Å². The van der Waals surface area contributed by atoms with Crippen LogP contribution < -0.4 is 31.8 Å². The zero-order valence-electron chi connectivity index (χ0n) is 20.5. The van der Waals surface area contributed by atoms with Crippen molar-refractivity contribution >= 4 is 47.7 Å². The van der Waals surface area contributed by atoms with Crippen molar-refractivity contribution in [2.24, 2.45) is 0 Å². The maximum Gasteiger partial charge on any atom is -0.00858 e. The maximum atomic E-state index is 2.43. The fraction of sp³-hybridized carbons (Fsp3) is 0.0909. The van der Waals surface area contributed by atoms with Crippen LogP contribution in [0, 0.1) is 20.8 Å². The molecule has 0 atom stereocenters. The van der Waals surface area contributed by atoms with Gasteiger partial charge >= 0.3 is 0 Å². The summed E-state index contributed by atoms with van der Waals surface area (Å²) in [7, 11) is -1.34. The third-order valence-electron chi connectivity index (χ3n) is 6.40. The maximum absolute atomic E-state index is 2.43. The minimum Gasteiger partial charge on any atom is -0.0622 e. The van der Waals surface area contributed by atoms with Crippen LogP contribution in [0.5, 0.6) is 0 Å². The van der Waals surface area contributed by atoms with E-state index in [9.17, 15) is 0 Å². The Labute approximate surface area is 212 Å². The summed E-state index contributed by atoms with van der Waals surface area (Å²) in [6, 6.07) is 46.7. The molecule has 0 aromatic heterocycles. The van der Waals surface area contributed by atoms with E-state index < -0.39 is 15.8 Å². The van der Waals surface area contributed by atoms with Gasteiger partial charge in [0.05, 0.1) is 0 Å². The number of benzene rings is 5. The molecule has 0 unspecified atom stereocenters. The largest absolute Gasteiger partial charge is 0.0622 e. The van der Waals surface area contributed by atoms with Gasteiger partial charge in [-0.25, -0.2) is 0 Å².